The smallest absolute Gasteiger partial charge is 0.377 e. The van der Waals surface area contributed by atoms with Crippen molar-refractivity contribution in [2.24, 2.45) is 9.98 Å². The molecule has 0 unspecified atom stereocenters. The quantitative estimate of drug-likeness (QED) is 0.216. The van der Waals surface area contributed by atoms with Crippen molar-refractivity contribution in [2.75, 3.05) is 55.7 Å². The molecule has 0 aliphatic carbocycles. The zero-order valence-electron chi connectivity index (χ0n) is 19.1. The van der Waals surface area contributed by atoms with Crippen molar-refractivity contribution >= 4 is 30.0 Å². The van der Waals surface area contributed by atoms with Gasteiger partial charge in [-0.25, -0.2) is 0 Å². The van der Waals surface area contributed by atoms with Gasteiger partial charge in [0.2, 0.25) is 0 Å². The molecule has 0 aliphatic rings. The third-order valence-corrected chi connectivity index (χ3v) is 10.5. The zero-order chi connectivity index (χ0) is 22.3. The standard InChI is InChI=1S/C20H36N2O6Si2/c1-23-29(24-2,25-3)15-7-13-21-17-19-9-11-20(12-10-19)18-22-14-8-16-30(26-4,27-5)28-6/h9-12,17-18H,7-8,13-16H2,1-6H3/b21-17+,22-18+. The van der Waals surface area contributed by atoms with E-state index in [1.807, 2.05) is 36.7 Å². The van der Waals surface area contributed by atoms with Gasteiger partial charge in [0.05, 0.1) is 0 Å². The molecule has 10 heteroatoms. The Labute approximate surface area is 183 Å². The third kappa shape index (κ3) is 8.86. The average molecular weight is 457 g/mol. The molecule has 0 atom stereocenters. The van der Waals surface area contributed by atoms with Crippen molar-refractivity contribution in [2.45, 2.75) is 24.9 Å². The van der Waals surface area contributed by atoms with Crippen LogP contribution < -0.4 is 0 Å². The number of hydrogen-bond acceptors (Lipinski definition) is 8. The fourth-order valence-electron chi connectivity index (χ4n) is 2.89. The molecule has 0 N–H and O–H groups in total. The molecule has 1 aromatic carbocycles. The molecule has 0 aromatic heterocycles. The van der Waals surface area contributed by atoms with Crippen LogP contribution in [0.3, 0.4) is 0 Å². The second-order valence-corrected chi connectivity index (χ2v) is 12.7. The maximum Gasteiger partial charge on any atom is 0.500 e. The van der Waals surface area contributed by atoms with Crippen LogP contribution in [0.5, 0.6) is 0 Å². The summed E-state index contributed by atoms with van der Waals surface area (Å²) < 4.78 is 32.5. The van der Waals surface area contributed by atoms with E-state index >= 15 is 0 Å². The fourth-order valence-corrected chi connectivity index (χ4v) is 6.30. The zero-order valence-corrected chi connectivity index (χ0v) is 21.1. The highest BCUT2D eigenvalue weighted by Gasteiger charge is 2.37. The van der Waals surface area contributed by atoms with Crippen LogP contribution in [0.1, 0.15) is 24.0 Å². The molecule has 0 heterocycles. The molecule has 0 aliphatic heterocycles. The van der Waals surface area contributed by atoms with E-state index in [9.17, 15) is 0 Å². The number of aliphatic imine (C=N–C) groups is 2. The molecule has 0 saturated carbocycles. The fraction of sp³-hybridized carbons (Fsp3) is 0.600. The van der Waals surface area contributed by atoms with Crippen LogP contribution in [-0.2, 0) is 26.6 Å². The molecule has 30 heavy (non-hydrogen) atoms. The predicted molar refractivity (Wildman–Crippen MR) is 124 cm³/mol. The first-order valence-electron chi connectivity index (χ1n) is 9.93. The van der Waals surface area contributed by atoms with Gasteiger partial charge in [-0.05, 0) is 24.0 Å². The molecule has 0 radical (unpaired) electrons. The highest BCUT2D eigenvalue weighted by atomic mass is 28.4. The molecule has 0 spiro atoms. The van der Waals surface area contributed by atoms with E-state index in [2.05, 4.69) is 9.98 Å². The molecule has 1 aromatic rings. The molecule has 0 bridgehead atoms. The van der Waals surface area contributed by atoms with Crippen molar-refractivity contribution in [3.8, 4) is 0 Å². The normalized spacial score (nSPS) is 13.0. The average Bonchev–Trinajstić information content (AvgIpc) is 2.80. The van der Waals surface area contributed by atoms with Gasteiger partial charge in [0.1, 0.15) is 0 Å². The molecule has 8 nitrogen and oxygen atoms in total. The lowest BCUT2D eigenvalue weighted by atomic mass is 10.1. The topological polar surface area (TPSA) is 80.1 Å². The monoisotopic (exact) mass is 456 g/mol. The molecular formula is C20H36N2O6Si2. The van der Waals surface area contributed by atoms with E-state index in [1.165, 1.54) is 0 Å². The number of hydrogen-bond donors (Lipinski definition) is 0. The number of rotatable bonds is 16. The highest BCUT2D eigenvalue weighted by Crippen LogP contribution is 2.15. The van der Waals surface area contributed by atoms with Crippen molar-refractivity contribution in [3.05, 3.63) is 35.4 Å². The van der Waals surface area contributed by atoms with Gasteiger partial charge in [-0.15, -0.1) is 0 Å². The second kappa shape index (κ2) is 14.7. The molecular weight excluding hydrogens is 420 g/mol. The summed E-state index contributed by atoms with van der Waals surface area (Å²) in [7, 11) is 4.76. The third-order valence-electron chi connectivity index (χ3n) is 4.82. The lowest BCUT2D eigenvalue weighted by Crippen LogP contribution is -2.42. The summed E-state index contributed by atoms with van der Waals surface area (Å²) in [6.07, 6.45) is 5.45. The molecule has 1 rings (SSSR count). The minimum Gasteiger partial charge on any atom is -0.377 e. The maximum absolute atomic E-state index is 5.41. The first-order valence-corrected chi connectivity index (χ1v) is 13.8. The molecule has 0 fully saturated rings. The van der Waals surface area contributed by atoms with Gasteiger partial charge >= 0.3 is 17.6 Å². The summed E-state index contributed by atoms with van der Waals surface area (Å²) in [5.74, 6) is 0. The Morgan fingerprint density at radius 3 is 1.17 bits per heavy atom. The van der Waals surface area contributed by atoms with Crippen LogP contribution in [0.2, 0.25) is 12.1 Å². The van der Waals surface area contributed by atoms with E-state index in [0.717, 1.165) is 36.1 Å². The summed E-state index contributed by atoms with van der Waals surface area (Å²) in [6, 6.07) is 9.60. The van der Waals surface area contributed by atoms with Gasteiger partial charge in [-0.2, -0.15) is 0 Å². The van der Waals surface area contributed by atoms with E-state index in [0.29, 0.717) is 13.1 Å². The lowest BCUT2D eigenvalue weighted by Gasteiger charge is -2.23. The van der Waals surface area contributed by atoms with Crippen molar-refractivity contribution in [1.29, 1.82) is 0 Å². The Morgan fingerprint density at radius 2 is 0.900 bits per heavy atom. The summed E-state index contributed by atoms with van der Waals surface area (Å²) in [6.45, 7) is 1.40. The first kappa shape index (κ1) is 26.8. The van der Waals surface area contributed by atoms with Crippen LogP contribution in [0.15, 0.2) is 34.3 Å². The summed E-state index contributed by atoms with van der Waals surface area (Å²) >= 11 is 0. The first-order chi connectivity index (χ1) is 14.5. The number of nitrogens with zero attached hydrogens (tertiary/aromatic N) is 2. The lowest BCUT2D eigenvalue weighted by molar-refractivity contribution is 0.122. The highest BCUT2D eigenvalue weighted by molar-refractivity contribution is 6.60. The molecule has 0 amide bonds. The largest absolute Gasteiger partial charge is 0.500 e. The van der Waals surface area contributed by atoms with Crippen LogP contribution in [0.25, 0.3) is 0 Å². The van der Waals surface area contributed by atoms with Gasteiger partial charge in [-0.1, -0.05) is 24.3 Å². The van der Waals surface area contributed by atoms with Gasteiger partial charge in [-0.3, -0.25) is 9.98 Å². The van der Waals surface area contributed by atoms with Crippen LogP contribution >= 0.6 is 0 Å². The van der Waals surface area contributed by atoms with Gasteiger partial charge in [0.25, 0.3) is 0 Å². The van der Waals surface area contributed by atoms with Gasteiger partial charge in [0.15, 0.2) is 0 Å². The summed E-state index contributed by atoms with van der Waals surface area (Å²) in [5, 5.41) is 0. The Kier molecular flexibility index (Phi) is 13.1. The van der Waals surface area contributed by atoms with Crippen molar-refractivity contribution in [3.63, 3.8) is 0 Å². The van der Waals surface area contributed by atoms with Crippen LogP contribution in [0, 0.1) is 0 Å². The minimum atomic E-state index is -2.50. The summed E-state index contributed by atoms with van der Waals surface area (Å²) in [4.78, 5) is 8.95. The SMILES string of the molecule is CO[Si](CCC/N=C/c1ccc(/C=N/CCC[Si](OC)(OC)OC)cc1)(OC)OC. The Bertz CT molecular complexity index is 563. The van der Waals surface area contributed by atoms with E-state index in [1.54, 1.807) is 42.7 Å². The number of benzene rings is 1. The van der Waals surface area contributed by atoms with Crippen molar-refractivity contribution < 1.29 is 26.6 Å². The molecule has 0 saturated heterocycles. The van der Waals surface area contributed by atoms with Gasteiger partial charge < -0.3 is 26.6 Å². The van der Waals surface area contributed by atoms with E-state index in [4.69, 9.17) is 26.6 Å². The van der Waals surface area contributed by atoms with Crippen LogP contribution in [0.4, 0.5) is 0 Å². The van der Waals surface area contributed by atoms with Crippen LogP contribution in [-0.4, -0.2) is 85.8 Å². The van der Waals surface area contributed by atoms with Crippen molar-refractivity contribution in [1.82, 2.24) is 0 Å². The second-order valence-electron chi connectivity index (χ2n) is 6.54. The minimum absolute atomic E-state index is 0.698. The van der Waals surface area contributed by atoms with E-state index < -0.39 is 17.6 Å². The molecule has 170 valence electrons. The maximum atomic E-state index is 5.41. The van der Waals surface area contributed by atoms with Gasteiger partial charge in [0, 0.05) is 80.3 Å². The Balaban J connectivity index is 2.39. The predicted octanol–water partition coefficient (Wildman–Crippen LogP) is 3.06. The Hall–Kier alpha value is -1.25. The van der Waals surface area contributed by atoms with E-state index in [-0.39, 0.29) is 0 Å². The Morgan fingerprint density at radius 1 is 0.600 bits per heavy atom. The summed E-state index contributed by atoms with van der Waals surface area (Å²) in [5.41, 5.74) is 2.11.